The van der Waals surface area contributed by atoms with Crippen LogP contribution >= 0.6 is 15.9 Å². The van der Waals surface area contributed by atoms with Gasteiger partial charge in [-0.25, -0.2) is 9.78 Å². The largest absolute Gasteiger partial charge is 0.474 e. The van der Waals surface area contributed by atoms with Gasteiger partial charge in [0.05, 0.1) is 6.61 Å². The topological polar surface area (TPSA) is 48.4 Å². The molecule has 2 aromatic rings. The highest BCUT2D eigenvalue weighted by Gasteiger charge is 2.32. The molecule has 22 heavy (non-hydrogen) atoms. The van der Waals surface area contributed by atoms with E-state index in [0.717, 1.165) is 26.6 Å². The van der Waals surface area contributed by atoms with Crippen molar-refractivity contribution < 1.29 is 14.3 Å². The minimum absolute atomic E-state index is 0.323. The zero-order valence-corrected chi connectivity index (χ0v) is 15.1. The molecule has 5 heteroatoms. The van der Waals surface area contributed by atoms with Gasteiger partial charge in [0.25, 0.3) is 0 Å². The van der Waals surface area contributed by atoms with E-state index in [1.165, 1.54) is 0 Å². The fourth-order valence-corrected chi connectivity index (χ4v) is 2.96. The van der Waals surface area contributed by atoms with Crippen molar-refractivity contribution in [1.29, 1.82) is 0 Å². The van der Waals surface area contributed by atoms with Crippen molar-refractivity contribution in [1.82, 2.24) is 4.98 Å². The van der Waals surface area contributed by atoms with Crippen molar-refractivity contribution in [2.45, 2.75) is 40.2 Å². The molecule has 0 spiro atoms. The number of halogens is 1. The summed E-state index contributed by atoms with van der Waals surface area (Å²) in [7, 11) is 0. The van der Waals surface area contributed by atoms with E-state index in [-0.39, 0.29) is 0 Å². The van der Waals surface area contributed by atoms with E-state index in [9.17, 15) is 4.79 Å². The van der Waals surface area contributed by atoms with E-state index in [4.69, 9.17) is 9.47 Å². The number of rotatable bonds is 4. The lowest BCUT2D eigenvalue weighted by Crippen LogP contribution is -2.39. The number of pyridine rings is 1. The summed E-state index contributed by atoms with van der Waals surface area (Å²) < 4.78 is 12.0. The first-order chi connectivity index (χ1) is 10.3. The fourth-order valence-electron chi connectivity index (χ4n) is 2.33. The molecule has 0 radical (unpaired) electrons. The van der Waals surface area contributed by atoms with E-state index >= 15 is 0 Å². The molecule has 0 saturated carbocycles. The highest BCUT2D eigenvalue weighted by atomic mass is 79.9. The Morgan fingerprint density at radius 3 is 2.64 bits per heavy atom. The Hall–Kier alpha value is -1.62. The second kappa shape index (κ2) is 6.24. The normalized spacial score (nSPS) is 11.5. The Labute approximate surface area is 139 Å². The van der Waals surface area contributed by atoms with Crippen LogP contribution in [-0.4, -0.2) is 23.2 Å². The Morgan fingerprint density at radius 1 is 1.32 bits per heavy atom. The van der Waals surface area contributed by atoms with Crippen LogP contribution in [0.5, 0.6) is 5.75 Å². The third kappa shape index (κ3) is 3.24. The second-order valence-electron chi connectivity index (χ2n) is 5.68. The van der Waals surface area contributed by atoms with Crippen molar-refractivity contribution in [2.24, 2.45) is 0 Å². The van der Waals surface area contributed by atoms with Crippen LogP contribution in [0.25, 0.3) is 10.9 Å². The fraction of sp³-hybridized carbons (Fsp3) is 0.412. The maximum atomic E-state index is 12.0. The Balaban J connectivity index is 2.53. The number of nitrogens with zero attached hydrogens (tertiary/aromatic N) is 1. The molecule has 0 amide bonds. The molecule has 1 heterocycles. The smallest absolute Gasteiger partial charge is 0.349 e. The maximum absolute atomic E-state index is 12.0. The number of hydrogen-bond donors (Lipinski definition) is 0. The molecule has 2 rings (SSSR count). The first-order valence-corrected chi connectivity index (χ1v) is 7.98. The predicted octanol–water partition coefficient (Wildman–Crippen LogP) is 4.33. The van der Waals surface area contributed by atoms with Crippen LogP contribution in [0.1, 0.15) is 32.0 Å². The van der Waals surface area contributed by atoms with Crippen molar-refractivity contribution in [3.63, 3.8) is 0 Å². The second-order valence-corrected chi connectivity index (χ2v) is 6.54. The van der Waals surface area contributed by atoms with Gasteiger partial charge >= 0.3 is 5.97 Å². The summed E-state index contributed by atoms with van der Waals surface area (Å²) >= 11 is 3.55. The third-order valence-electron chi connectivity index (χ3n) is 3.33. The molecule has 0 saturated heterocycles. The van der Waals surface area contributed by atoms with Crippen LogP contribution in [0.3, 0.4) is 0 Å². The number of carbonyl (C=O) groups excluding carboxylic acids is 1. The van der Waals surface area contributed by atoms with Crippen LogP contribution in [0.15, 0.2) is 22.7 Å². The van der Waals surface area contributed by atoms with Gasteiger partial charge in [-0.15, -0.1) is 0 Å². The molecule has 0 aliphatic rings. The summed E-state index contributed by atoms with van der Waals surface area (Å²) in [5.41, 5.74) is 1.68. The minimum Gasteiger partial charge on any atom is -0.474 e. The number of esters is 1. The summed E-state index contributed by atoms with van der Waals surface area (Å²) in [5, 5.41) is 0.989. The summed E-state index contributed by atoms with van der Waals surface area (Å²) in [6.07, 6.45) is 0. The number of aromatic nitrogens is 1. The zero-order valence-electron chi connectivity index (χ0n) is 13.5. The standard InChI is InChI=1S/C17H20BrNO3/c1-6-21-16(20)17(4,5)22-13-8-7-12(18)14-10(2)9-11(3)19-15(13)14/h7-9H,6H2,1-5H3. The van der Waals surface area contributed by atoms with E-state index in [2.05, 4.69) is 20.9 Å². The molecule has 0 N–H and O–H groups in total. The minimum atomic E-state index is -1.07. The molecule has 0 unspecified atom stereocenters. The lowest BCUT2D eigenvalue weighted by atomic mass is 10.1. The third-order valence-corrected chi connectivity index (χ3v) is 3.99. The first kappa shape index (κ1) is 16.7. The van der Waals surface area contributed by atoms with E-state index in [1.807, 2.05) is 32.0 Å². The highest BCUT2D eigenvalue weighted by molar-refractivity contribution is 9.10. The Morgan fingerprint density at radius 2 is 2.00 bits per heavy atom. The average Bonchev–Trinajstić information content (AvgIpc) is 2.41. The van der Waals surface area contributed by atoms with Gasteiger partial charge in [0.15, 0.2) is 5.60 Å². The number of ether oxygens (including phenoxy) is 2. The zero-order chi connectivity index (χ0) is 16.5. The molecule has 0 bridgehead atoms. The molecular formula is C17H20BrNO3. The van der Waals surface area contributed by atoms with Gasteiger partial charge in [-0.05, 0) is 58.4 Å². The summed E-state index contributed by atoms with van der Waals surface area (Å²) in [6, 6.07) is 5.75. The van der Waals surface area contributed by atoms with Crippen molar-refractivity contribution in [2.75, 3.05) is 6.61 Å². The number of hydrogen-bond acceptors (Lipinski definition) is 4. The lowest BCUT2D eigenvalue weighted by Gasteiger charge is -2.25. The molecule has 0 atom stereocenters. The van der Waals surface area contributed by atoms with Crippen LogP contribution in [-0.2, 0) is 9.53 Å². The van der Waals surface area contributed by atoms with Gasteiger partial charge < -0.3 is 9.47 Å². The van der Waals surface area contributed by atoms with Gasteiger partial charge in [-0.1, -0.05) is 15.9 Å². The average molecular weight is 366 g/mol. The van der Waals surface area contributed by atoms with Crippen molar-refractivity contribution >= 4 is 32.8 Å². The number of aryl methyl sites for hydroxylation is 2. The van der Waals surface area contributed by atoms with Gasteiger partial charge in [-0.2, -0.15) is 0 Å². The summed E-state index contributed by atoms with van der Waals surface area (Å²) in [5.74, 6) is 0.179. The summed E-state index contributed by atoms with van der Waals surface area (Å²) in [6.45, 7) is 9.46. The molecular weight excluding hydrogens is 346 g/mol. The van der Waals surface area contributed by atoms with Gasteiger partial charge in [0, 0.05) is 15.6 Å². The maximum Gasteiger partial charge on any atom is 0.349 e. The van der Waals surface area contributed by atoms with E-state index in [1.54, 1.807) is 20.8 Å². The quantitative estimate of drug-likeness (QED) is 0.756. The van der Waals surface area contributed by atoms with Gasteiger partial charge in [0.1, 0.15) is 11.3 Å². The molecule has 1 aromatic carbocycles. The van der Waals surface area contributed by atoms with Crippen LogP contribution in [0.2, 0.25) is 0 Å². The van der Waals surface area contributed by atoms with E-state index < -0.39 is 11.6 Å². The van der Waals surface area contributed by atoms with E-state index in [0.29, 0.717) is 12.4 Å². The van der Waals surface area contributed by atoms with Crippen molar-refractivity contribution in [3.05, 3.63) is 33.9 Å². The number of benzene rings is 1. The van der Waals surface area contributed by atoms with Crippen molar-refractivity contribution in [3.8, 4) is 5.75 Å². The summed E-state index contributed by atoms with van der Waals surface area (Å²) in [4.78, 5) is 16.6. The van der Waals surface area contributed by atoms with Crippen LogP contribution in [0, 0.1) is 13.8 Å². The highest BCUT2D eigenvalue weighted by Crippen LogP contribution is 2.34. The molecule has 0 aliphatic heterocycles. The number of fused-ring (bicyclic) bond motifs is 1. The van der Waals surface area contributed by atoms with Crippen LogP contribution in [0.4, 0.5) is 0 Å². The Bertz CT molecular complexity index is 725. The lowest BCUT2D eigenvalue weighted by molar-refractivity contribution is -0.158. The molecule has 0 aliphatic carbocycles. The molecule has 0 fully saturated rings. The van der Waals surface area contributed by atoms with Gasteiger partial charge in [0.2, 0.25) is 0 Å². The molecule has 4 nitrogen and oxygen atoms in total. The monoisotopic (exact) mass is 365 g/mol. The number of carbonyl (C=O) groups is 1. The molecule has 118 valence electrons. The first-order valence-electron chi connectivity index (χ1n) is 7.19. The van der Waals surface area contributed by atoms with Gasteiger partial charge in [-0.3, -0.25) is 0 Å². The Kier molecular flexibility index (Phi) is 4.75. The molecule has 1 aromatic heterocycles. The SMILES string of the molecule is CCOC(=O)C(C)(C)Oc1ccc(Br)c2c(C)cc(C)nc12. The predicted molar refractivity (Wildman–Crippen MR) is 90.3 cm³/mol. The van der Waals surface area contributed by atoms with Crippen LogP contribution < -0.4 is 4.74 Å².